The van der Waals surface area contributed by atoms with E-state index in [1.54, 1.807) is 13.0 Å². The highest BCUT2D eigenvalue weighted by atomic mass is 16.5. The number of carbonyl (C=O) groups is 1. The van der Waals surface area contributed by atoms with Crippen molar-refractivity contribution >= 4 is 5.78 Å². The van der Waals surface area contributed by atoms with E-state index < -0.39 is 52.6 Å². The molecule has 0 unspecified atom stereocenters. The Morgan fingerprint density at radius 3 is 2.31 bits per heavy atom. The number of carbonyl (C=O) groups excluding carboxylic acids is 1. The molecule has 0 spiro atoms. The summed E-state index contributed by atoms with van der Waals surface area (Å²) in [4.78, 5) is 13.3. The number of fused-ring (bicyclic) bond motifs is 7. The number of allylic oxidation sites excluding steroid dienone is 1. The fourth-order valence-electron chi connectivity index (χ4n) is 9.14. The molecule has 1 heterocycles. The van der Waals surface area contributed by atoms with Crippen LogP contribution in [-0.4, -0.2) is 73.0 Å². The van der Waals surface area contributed by atoms with Gasteiger partial charge in [0.1, 0.15) is 6.10 Å². The van der Waals surface area contributed by atoms with Gasteiger partial charge in [-0.2, -0.15) is 0 Å². The molecule has 198 valence electrons. The quantitative estimate of drug-likeness (QED) is 0.408. The third-order valence-corrected chi connectivity index (χ3v) is 11.5. The second-order valence-corrected chi connectivity index (χ2v) is 13.6. The van der Waals surface area contributed by atoms with Gasteiger partial charge in [0, 0.05) is 23.7 Å². The summed E-state index contributed by atoms with van der Waals surface area (Å²) < 4.78 is 6.38. The molecule has 5 rings (SSSR count). The third kappa shape index (κ3) is 3.21. The van der Waals surface area contributed by atoms with Crippen molar-refractivity contribution in [3.63, 3.8) is 0 Å². The van der Waals surface area contributed by atoms with E-state index in [0.717, 1.165) is 6.42 Å². The lowest BCUT2D eigenvalue weighted by atomic mass is 9.45. The van der Waals surface area contributed by atoms with Crippen molar-refractivity contribution in [2.24, 2.45) is 40.4 Å². The molecule has 0 radical (unpaired) electrons. The molecular formula is C28H44O7. The maximum absolute atomic E-state index is 13.3. The summed E-state index contributed by atoms with van der Waals surface area (Å²) in [5.74, 6) is -0.775. The second kappa shape index (κ2) is 7.84. The molecule has 0 aromatic carbocycles. The first-order chi connectivity index (χ1) is 16.1. The molecule has 7 heteroatoms. The summed E-state index contributed by atoms with van der Waals surface area (Å²) >= 11 is 0. The first-order valence-electron chi connectivity index (χ1n) is 13.5. The van der Waals surface area contributed by atoms with E-state index >= 15 is 0 Å². The Morgan fingerprint density at radius 2 is 1.69 bits per heavy atom. The van der Waals surface area contributed by atoms with Gasteiger partial charge < -0.3 is 30.3 Å². The molecule has 35 heavy (non-hydrogen) atoms. The fraction of sp³-hybridized carbons (Fsp3) is 0.893. The van der Waals surface area contributed by atoms with Crippen molar-refractivity contribution in [3.8, 4) is 0 Å². The second-order valence-electron chi connectivity index (χ2n) is 13.6. The van der Waals surface area contributed by atoms with Gasteiger partial charge >= 0.3 is 0 Å². The molecular weight excluding hydrogens is 448 g/mol. The number of hydrogen-bond acceptors (Lipinski definition) is 7. The van der Waals surface area contributed by atoms with E-state index in [-0.39, 0.29) is 48.2 Å². The molecule has 4 aliphatic carbocycles. The molecule has 13 atom stereocenters. The van der Waals surface area contributed by atoms with Crippen molar-refractivity contribution in [2.75, 3.05) is 0 Å². The lowest BCUT2D eigenvalue weighted by Crippen LogP contribution is -2.63. The summed E-state index contributed by atoms with van der Waals surface area (Å²) in [6, 6.07) is 0. The summed E-state index contributed by atoms with van der Waals surface area (Å²) in [5, 5.41) is 56.1. The first kappa shape index (κ1) is 25.8. The van der Waals surface area contributed by atoms with Crippen molar-refractivity contribution in [3.05, 3.63) is 11.6 Å². The average molecular weight is 493 g/mol. The van der Waals surface area contributed by atoms with Crippen LogP contribution in [-0.2, 0) is 9.53 Å². The average Bonchev–Trinajstić information content (AvgIpc) is 3.16. The summed E-state index contributed by atoms with van der Waals surface area (Å²) in [7, 11) is 0. The zero-order chi connectivity index (χ0) is 25.9. The van der Waals surface area contributed by atoms with Gasteiger partial charge in [0.2, 0.25) is 0 Å². The maximum atomic E-state index is 13.3. The minimum absolute atomic E-state index is 0.0589. The van der Waals surface area contributed by atoms with E-state index in [2.05, 4.69) is 0 Å². The molecule has 4 fully saturated rings. The largest absolute Gasteiger partial charge is 0.390 e. The van der Waals surface area contributed by atoms with Gasteiger partial charge in [-0.1, -0.05) is 34.6 Å². The van der Waals surface area contributed by atoms with E-state index in [1.165, 1.54) is 0 Å². The van der Waals surface area contributed by atoms with Gasteiger partial charge in [-0.05, 0) is 67.4 Å². The molecule has 0 amide bonds. The maximum Gasteiger partial charge on any atom is 0.159 e. The Hall–Kier alpha value is -0.830. The molecule has 0 bridgehead atoms. The molecule has 1 saturated heterocycles. The van der Waals surface area contributed by atoms with Crippen LogP contribution in [0.2, 0.25) is 0 Å². The van der Waals surface area contributed by atoms with Crippen LogP contribution >= 0.6 is 0 Å². The molecule has 5 aliphatic rings. The number of aliphatic hydroxyl groups is 5. The van der Waals surface area contributed by atoms with Crippen LogP contribution < -0.4 is 0 Å². The number of rotatable bonds is 3. The normalized spacial score (nSPS) is 55.0. The van der Waals surface area contributed by atoms with Crippen LogP contribution in [0.3, 0.4) is 0 Å². The monoisotopic (exact) mass is 492 g/mol. The molecule has 0 aromatic heterocycles. The van der Waals surface area contributed by atoms with Crippen molar-refractivity contribution in [2.45, 2.75) is 115 Å². The predicted octanol–water partition coefficient (Wildman–Crippen LogP) is 1.97. The van der Waals surface area contributed by atoms with E-state index in [4.69, 9.17) is 4.74 Å². The SMILES string of the molecule is CC(C)[C@@H](C)[C@H](O)[C@@H]1O[C@H]2C[C@@]3(O)C4=CC(=O)[C@@H]5C[C@@H](O)[C@@H](O)C[C@]5(C)[C@H]4CC[C@]3(C)[C@H]2[C@@]1(C)O. The first-order valence-corrected chi connectivity index (χ1v) is 13.5. The van der Waals surface area contributed by atoms with Crippen LogP contribution in [0.15, 0.2) is 11.6 Å². The Morgan fingerprint density at radius 1 is 1.03 bits per heavy atom. The van der Waals surface area contributed by atoms with Crippen molar-refractivity contribution in [1.29, 1.82) is 0 Å². The highest BCUT2D eigenvalue weighted by molar-refractivity contribution is 5.95. The number of aliphatic hydroxyl groups excluding tert-OH is 3. The number of ketones is 1. The number of ether oxygens (including phenoxy) is 1. The van der Waals surface area contributed by atoms with Crippen molar-refractivity contribution in [1.82, 2.24) is 0 Å². The van der Waals surface area contributed by atoms with Gasteiger partial charge in [-0.15, -0.1) is 0 Å². The topological polar surface area (TPSA) is 127 Å². The highest BCUT2D eigenvalue weighted by Gasteiger charge is 2.75. The van der Waals surface area contributed by atoms with Gasteiger partial charge in [0.25, 0.3) is 0 Å². The minimum atomic E-state index is -1.34. The van der Waals surface area contributed by atoms with Gasteiger partial charge in [0.05, 0.1) is 35.6 Å². The molecule has 0 aromatic rings. The molecule has 7 nitrogen and oxygen atoms in total. The van der Waals surface area contributed by atoms with Crippen LogP contribution in [0.1, 0.15) is 73.6 Å². The Balaban J connectivity index is 1.52. The fourth-order valence-corrected chi connectivity index (χ4v) is 9.14. The van der Waals surface area contributed by atoms with Gasteiger partial charge in [-0.25, -0.2) is 0 Å². The Bertz CT molecular complexity index is 928. The number of hydrogen-bond donors (Lipinski definition) is 5. The molecule has 5 N–H and O–H groups in total. The van der Waals surface area contributed by atoms with Crippen LogP contribution in [0, 0.1) is 40.4 Å². The van der Waals surface area contributed by atoms with Gasteiger partial charge in [0.15, 0.2) is 5.78 Å². The zero-order valence-corrected chi connectivity index (χ0v) is 21.9. The summed E-state index contributed by atoms with van der Waals surface area (Å²) in [6.07, 6.45) is 0.0167. The smallest absolute Gasteiger partial charge is 0.159 e. The lowest BCUT2D eigenvalue weighted by Gasteiger charge is -2.60. The van der Waals surface area contributed by atoms with Crippen molar-refractivity contribution < 1.29 is 35.1 Å². The van der Waals surface area contributed by atoms with Crippen LogP contribution in [0.25, 0.3) is 0 Å². The Kier molecular flexibility index (Phi) is 5.78. The summed E-state index contributed by atoms with van der Waals surface area (Å²) in [5.41, 5.74) is -3.21. The highest BCUT2D eigenvalue weighted by Crippen LogP contribution is 2.70. The van der Waals surface area contributed by atoms with E-state index in [0.29, 0.717) is 18.4 Å². The zero-order valence-electron chi connectivity index (χ0n) is 21.9. The Labute approximate surface area is 208 Å². The van der Waals surface area contributed by atoms with E-state index in [9.17, 15) is 30.3 Å². The van der Waals surface area contributed by atoms with Crippen LogP contribution in [0.4, 0.5) is 0 Å². The predicted molar refractivity (Wildman–Crippen MR) is 129 cm³/mol. The standard InChI is InChI=1S/C28H44O7/c1-13(2)14(3)22(32)24-27(6,33)23-21(35-24)12-28(34)16-9-18(29)17-10-19(30)20(31)11-25(17,4)15(16)7-8-26(23,28)5/h9,13-15,17,19-24,30-34H,7-8,10-12H2,1-6H3/t14-,15+,17+,19-,20+,21+,22+,23+,24+,25-,26-,27-,28-/m1/s1. The molecule has 1 aliphatic heterocycles. The third-order valence-electron chi connectivity index (χ3n) is 11.5. The minimum Gasteiger partial charge on any atom is -0.390 e. The lowest BCUT2D eigenvalue weighted by molar-refractivity contribution is -0.175. The molecule has 3 saturated carbocycles. The van der Waals surface area contributed by atoms with Gasteiger partial charge in [-0.3, -0.25) is 4.79 Å². The summed E-state index contributed by atoms with van der Waals surface area (Å²) in [6.45, 7) is 11.8. The van der Waals surface area contributed by atoms with Crippen LogP contribution in [0.5, 0.6) is 0 Å². The van der Waals surface area contributed by atoms with E-state index in [1.807, 2.05) is 34.6 Å².